The minimum Gasteiger partial charge on any atom is -0.305 e. The topological polar surface area (TPSA) is 22.0 Å². The molecule has 0 bridgehead atoms. The van der Waals surface area contributed by atoms with Crippen molar-refractivity contribution in [1.29, 1.82) is 0 Å². The molecule has 1 heterocycles. The predicted molar refractivity (Wildman–Crippen MR) is 34.3 cm³/mol. The van der Waals surface area contributed by atoms with E-state index < -0.39 is 0 Å². The Morgan fingerprint density at radius 1 is 1.75 bits per heavy atom. The minimum absolute atomic E-state index is 0.160. The first-order chi connectivity index (χ1) is 3.70. The van der Waals surface area contributed by atoms with Crippen LogP contribution >= 0.6 is 11.5 Å². The summed E-state index contributed by atoms with van der Waals surface area (Å²) < 4.78 is 1.96. The van der Waals surface area contributed by atoms with E-state index in [1.807, 2.05) is 20.2 Å². The van der Waals surface area contributed by atoms with Crippen molar-refractivity contribution in [2.45, 2.75) is 6.92 Å². The average Bonchev–Trinajstić information content (AvgIpc) is 1.85. The molecule has 0 saturated carbocycles. The third-order valence-electron chi connectivity index (χ3n) is 0.924. The Kier molecular flexibility index (Phi) is 1.21. The van der Waals surface area contributed by atoms with Gasteiger partial charge in [-0.15, -0.1) is 0 Å². The Labute approximate surface area is 51.5 Å². The quantitative estimate of drug-likeness (QED) is 0.506. The summed E-state index contributed by atoms with van der Waals surface area (Å²) in [5.74, 6) is 0. The van der Waals surface area contributed by atoms with Gasteiger partial charge in [0.15, 0.2) is 0 Å². The first kappa shape index (κ1) is 5.56. The van der Waals surface area contributed by atoms with Crippen LogP contribution in [0.3, 0.4) is 0 Å². The maximum atomic E-state index is 10.6. The lowest BCUT2D eigenvalue weighted by Gasteiger charge is -1.77. The van der Waals surface area contributed by atoms with Crippen LogP contribution in [0.4, 0.5) is 0 Å². The summed E-state index contributed by atoms with van der Waals surface area (Å²) in [6, 6.07) is 0. The van der Waals surface area contributed by atoms with Gasteiger partial charge in [-0.3, -0.25) is 4.79 Å². The van der Waals surface area contributed by atoms with Crippen LogP contribution < -0.4 is 4.74 Å². The molecule has 1 aromatic rings. The van der Waals surface area contributed by atoms with Crippen molar-refractivity contribution in [3.05, 3.63) is 21.3 Å². The zero-order chi connectivity index (χ0) is 6.15. The van der Waals surface area contributed by atoms with Gasteiger partial charge in [-0.25, -0.2) is 0 Å². The Balaban J connectivity index is 3.35. The van der Waals surface area contributed by atoms with Crippen LogP contribution in [0.1, 0.15) is 5.56 Å². The number of hydrogen-bond donors (Lipinski definition) is 0. The van der Waals surface area contributed by atoms with Gasteiger partial charge in [0.1, 0.15) is 0 Å². The van der Waals surface area contributed by atoms with E-state index in [-0.39, 0.29) is 4.74 Å². The summed E-state index contributed by atoms with van der Waals surface area (Å²) >= 11 is 1.23. The van der Waals surface area contributed by atoms with E-state index in [0.717, 1.165) is 5.56 Å². The minimum atomic E-state index is 0.160. The van der Waals surface area contributed by atoms with Crippen molar-refractivity contribution in [2.75, 3.05) is 0 Å². The monoisotopic (exact) mass is 129 g/mol. The number of hydrogen-bond acceptors (Lipinski definition) is 2. The van der Waals surface area contributed by atoms with Gasteiger partial charge in [-0.05, 0) is 18.5 Å². The lowest BCUT2D eigenvalue weighted by atomic mass is 10.4. The van der Waals surface area contributed by atoms with E-state index in [2.05, 4.69) is 0 Å². The number of nitrogens with zero attached hydrogens (tertiary/aromatic N) is 1. The second kappa shape index (κ2) is 1.74. The first-order valence-electron chi connectivity index (χ1n) is 2.33. The van der Waals surface area contributed by atoms with E-state index in [1.54, 1.807) is 3.96 Å². The molecular weight excluding hydrogens is 122 g/mol. The van der Waals surface area contributed by atoms with Crippen LogP contribution in [0, 0.1) is 6.92 Å². The molecule has 0 aliphatic carbocycles. The molecule has 0 aliphatic rings. The molecule has 2 nitrogen and oxygen atoms in total. The fraction of sp³-hybridized carbons (Fsp3) is 0.400. The van der Waals surface area contributed by atoms with Gasteiger partial charge in [0.25, 0.3) is 4.74 Å². The number of aryl methyl sites for hydroxylation is 2. The lowest BCUT2D eigenvalue weighted by molar-refractivity contribution is 1.02. The second-order valence-corrected chi connectivity index (χ2v) is 2.87. The van der Waals surface area contributed by atoms with Gasteiger partial charge in [0, 0.05) is 18.8 Å². The first-order valence-corrected chi connectivity index (χ1v) is 3.11. The van der Waals surface area contributed by atoms with Gasteiger partial charge in [-0.1, -0.05) is 0 Å². The van der Waals surface area contributed by atoms with E-state index in [1.165, 1.54) is 11.5 Å². The maximum absolute atomic E-state index is 10.6. The zero-order valence-electron chi connectivity index (χ0n) is 4.84. The molecule has 3 heteroatoms. The summed E-state index contributed by atoms with van der Waals surface area (Å²) in [6.45, 7) is 1.82. The van der Waals surface area contributed by atoms with Gasteiger partial charge in [-0.2, -0.15) is 0 Å². The smallest absolute Gasteiger partial charge is 0.252 e. The van der Waals surface area contributed by atoms with Crippen LogP contribution in [0.25, 0.3) is 0 Å². The van der Waals surface area contributed by atoms with Crippen LogP contribution in [0.15, 0.2) is 11.0 Å². The summed E-state index contributed by atoms with van der Waals surface area (Å²) in [6.07, 6.45) is 1.83. The average molecular weight is 129 g/mol. The van der Waals surface area contributed by atoms with Crippen molar-refractivity contribution in [3.8, 4) is 0 Å². The molecule has 0 aliphatic heterocycles. The summed E-state index contributed by atoms with van der Waals surface area (Å²) in [5, 5.41) is 0. The molecule has 0 amide bonds. The molecule has 0 aromatic carbocycles. The fourth-order valence-electron chi connectivity index (χ4n) is 0.555. The van der Waals surface area contributed by atoms with E-state index in [0.29, 0.717) is 0 Å². The highest BCUT2D eigenvalue weighted by Gasteiger charge is 1.92. The van der Waals surface area contributed by atoms with Crippen molar-refractivity contribution < 1.29 is 0 Å². The Morgan fingerprint density at radius 2 is 2.38 bits per heavy atom. The number of rotatable bonds is 0. The van der Waals surface area contributed by atoms with E-state index in [9.17, 15) is 4.79 Å². The molecule has 1 aromatic heterocycles. The van der Waals surface area contributed by atoms with Crippen LogP contribution in [0.5, 0.6) is 0 Å². The molecule has 1 rings (SSSR count). The van der Waals surface area contributed by atoms with Crippen LogP contribution in [0.2, 0.25) is 0 Å². The molecule has 0 fully saturated rings. The van der Waals surface area contributed by atoms with Gasteiger partial charge < -0.3 is 3.96 Å². The van der Waals surface area contributed by atoms with Crippen molar-refractivity contribution in [2.24, 2.45) is 7.05 Å². The molecule has 44 valence electrons. The van der Waals surface area contributed by atoms with Crippen molar-refractivity contribution >= 4 is 11.5 Å². The third-order valence-corrected chi connectivity index (χ3v) is 1.81. The molecule has 0 N–H and O–H groups in total. The zero-order valence-corrected chi connectivity index (χ0v) is 5.66. The van der Waals surface area contributed by atoms with Crippen molar-refractivity contribution in [1.82, 2.24) is 3.96 Å². The molecule has 0 radical (unpaired) electrons. The lowest BCUT2D eigenvalue weighted by Crippen LogP contribution is -1.89. The van der Waals surface area contributed by atoms with Gasteiger partial charge in [0.05, 0.1) is 0 Å². The Hall–Kier alpha value is -0.570. The summed E-state index contributed by atoms with van der Waals surface area (Å²) in [5.41, 5.74) is 0.831. The standard InChI is InChI=1S/C5H7NOS/c1-4-3-6(2)8-5(4)7/h3H,1-2H3. The van der Waals surface area contributed by atoms with Crippen LogP contribution in [-0.2, 0) is 7.05 Å². The summed E-state index contributed by atoms with van der Waals surface area (Å²) in [4.78, 5) is 10.6. The van der Waals surface area contributed by atoms with Gasteiger partial charge >= 0.3 is 0 Å². The SMILES string of the molecule is Cc1cn(C)sc1=O. The third kappa shape index (κ3) is 0.816. The summed E-state index contributed by atoms with van der Waals surface area (Å²) in [7, 11) is 1.86. The van der Waals surface area contributed by atoms with E-state index >= 15 is 0 Å². The highest BCUT2D eigenvalue weighted by Crippen LogP contribution is 1.92. The molecular formula is C5H7NOS. The Bertz CT molecular complexity index is 235. The van der Waals surface area contributed by atoms with Crippen LogP contribution in [-0.4, -0.2) is 3.96 Å². The molecule has 0 saturated heterocycles. The fourth-order valence-corrected chi connectivity index (χ4v) is 1.22. The number of aromatic nitrogens is 1. The predicted octanol–water partition coefficient (Wildman–Crippen LogP) is 0.755. The van der Waals surface area contributed by atoms with Gasteiger partial charge in [0.2, 0.25) is 0 Å². The second-order valence-electron chi connectivity index (χ2n) is 1.74. The normalized spacial score (nSPS) is 9.75. The Morgan fingerprint density at radius 3 is 2.50 bits per heavy atom. The highest BCUT2D eigenvalue weighted by molar-refractivity contribution is 7.03. The highest BCUT2D eigenvalue weighted by atomic mass is 32.1. The van der Waals surface area contributed by atoms with Crippen molar-refractivity contribution in [3.63, 3.8) is 0 Å². The van der Waals surface area contributed by atoms with E-state index in [4.69, 9.17) is 0 Å². The maximum Gasteiger partial charge on any atom is 0.252 e. The molecule has 8 heavy (non-hydrogen) atoms. The largest absolute Gasteiger partial charge is 0.305 e. The molecule has 0 spiro atoms. The molecule has 0 atom stereocenters. The molecule has 0 unspecified atom stereocenters.